The number of nitrogens with two attached hydrogens (primary N) is 1. The summed E-state index contributed by atoms with van der Waals surface area (Å²) in [6, 6.07) is 1.89. The molecule has 0 saturated heterocycles. The van der Waals surface area contributed by atoms with Gasteiger partial charge >= 0.3 is 0 Å². The van der Waals surface area contributed by atoms with E-state index in [9.17, 15) is 0 Å². The second kappa shape index (κ2) is 5.36. The summed E-state index contributed by atoms with van der Waals surface area (Å²) in [5.41, 5.74) is 7.04. The molecule has 0 aliphatic carbocycles. The zero-order chi connectivity index (χ0) is 10.7. The van der Waals surface area contributed by atoms with Crippen LogP contribution in [0.15, 0.2) is 6.07 Å². The number of rotatable bonds is 4. The minimum absolute atomic E-state index is 0.0150. The van der Waals surface area contributed by atoms with Gasteiger partial charge in [-0.05, 0) is 24.0 Å². The highest BCUT2D eigenvalue weighted by Gasteiger charge is 2.15. The van der Waals surface area contributed by atoms with Crippen LogP contribution in [-0.4, -0.2) is 0 Å². The van der Waals surface area contributed by atoms with E-state index in [-0.39, 0.29) is 6.04 Å². The van der Waals surface area contributed by atoms with Crippen LogP contribution in [-0.2, 0) is 0 Å². The summed E-state index contributed by atoms with van der Waals surface area (Å²) in [5.74, 6) is 0.625. The quantitative estimate of drug-likeness (QED) is 0.839. The Bertz CT molecular complexity index is 298. The lowest BCUT2D eigenvalue weighted by molar-refractivity contribution is 0.462. The molecular weight excluding hydrogens is 237 g/mol. The molecule has 0 aliphatic heterocycles. The van der Waals surface area contributed by atoms with Crippen LogP contribution in [0, 0.1) is 5.92 Å². The van der Waals surface area contributed by atoms with E-state index in [0.717, 1.165) is 22.7 Å². The maximum absolute atomic E-state index is 6.05. The van der Waals surface area contributed by atoms with E-state index in [4.69, 9.17) is 28.9 Å². The summed E-state index contributed by atoms with van der Waals surface area (Å²) in [6.07, 6.45) is 2.10. The van der Waals surface area contributed by atoms with Gasteiger partial charge in [0.15, 0.2) is 0 Å². The Kier molecular flexibility index (Phi) is 4.71. The molecule has 0 spiro atoms. The first-order chi connectivity index (χ1) is 6.54. The maximum Gasteiger partial charge on any atom is 0.0991 e. The number of thiophene rings is 1. The Labute approximate surface area is 99.2 Å². The molecule has 0 bridgehead atoms. The lowest BCUT2D eigenvalue weighted by Gasteiger charge is -2.15. The van der Waals surface area contributed by atoms with Gasteiger partial charge in [0.25, 0.3) is 0 Å². The van der Waals surface area contributed by atoms with Crippen LogP contribution >= 0.6 is 34.5 Å². The first kappa shape index (κ1) is 12.3. The van der Waals surface area contributed by atoms with Gasteiger partial charge in [0.1, 0.15) is 0 Å². The van der Waals surface area contributed by atoms with E-state index in [1.54, 1.807) is 0 Å². The van der Waals surface area contributed by atoms with Gasteiger partial charge in [0.05, 0.1) is 8.67 Å². The fraction of sp³-hybridized carbons (Fsp3) is 0.600. The molecule has 1 nitrogen and oxygen atoms in total. The van der Waals surface area contributed by atoms with Crippen molar-refractivity contribution in [3.63, 3.8) is 0 Å². The minimum Gasteiger partial charge on any atom is -0.324 e. The van der Waals surface area contributed by atoms with E-state index in [0.29, 0.717) is 10.3 Å². The lowest BCUT2D eigenvalue weighted by Crippen LogP contribution is -2.13. The van der Waals surface area contributed by atoms with Crippen LogP contribution < -0.4 is 5.73 Å². The molecule has 2 N–H and O–H groups in total. The summed E-state index contributed by atoms with van der Waals surface area (Å²) in [5, 5.41) is 0. The largest absolute Gasteiger partial charge is 0.324 e. The average Bonchev–Trinajstić information content (AvgIpc) is 2.45. The Hall–Kier alpha value is 0.240. The van der Waals surface area contributed by atoms with E-state index in [1.165, 1.54) is 11.3 Å². The molecular formula is C10H15Cl2NS. The Balaban J connectivity index is 2.69. The van der Waals surface area contributed by atoms with E-state index >= 15 is 0 Å². The second-order valence-electron chi connectivity index (χ2n) is 3.64. The minimum atomic E-state index is 0.0150. The molecule has 0 fully saturated rings. The lowest BCUT2D eigenvalue weighted by atomic mass is 9.96. The molecule has 0 aliphatic rings. The summed E-state index contributed by atoms with van der Waals surface area (Å²) in [6.45, 7) is 4.36. The van der Waals surface area contributed by atoms with Crippen LogP contribution in [0.4, 0.5) is 0 Å². The van der Waals surface area contributed by atoms with E-state index < -0.39 is 0 Å². The topological polar surface area (TPSA) is 26.0 Å². The molecule has 0 saturated carbocycles. The molecule has 0 amide bonds. The number of halogens is 2. The van der Waals surface area contributed by atoms with Crippen LogP contribution in [0.3, 0.4) is 0 Å². The van der Waals surface area contributed by atoms with Gasteiger partial charge < -0.3 is 5.73 Å². The van der Waals surface area contributed by atoms with Crippen LogP contribution in [0.2, 0.25) is 8.67 Å². The molecule has 14 heavy (non-hydrogen) atoms. The predicted octanol–water partition coefficient (Wildman–Crippen LogP) is 4.49. The van der Waals surface area contributed by atoms with Gasteiger partial charge in [-0.2, -0.15) is 0 Å². The van der Waals surface area contributed by atoms with Crippen molar-refractivity contribution in [3.05, 3.63) is 20.3 Å². The van der Waals surface area contributed by atoms with Crippen molar-refractivity contribution in [1.82, 2.24) is 0 Å². The highest BCUT2D eigenvalue weighted by molar-refractivity contribution is 7.20. The van der Waals surface area contributed by atoms with Crippen molar-refractivity contribution >= 4 is 34.5 Å². The maximum atomic E-state index is 6.05. The van der Waals surface area contributed by atoms with Crippen molar-refractivity contribution < 1.29 is 0 Å². The van der Waals surface area contributed by atoms with Crippen LogP contribution in [0.5, 0.6) is 0 Å². The van der Waals surface area contributed by atoms with Crippen molar-refractivity contribution in [2.45, 2.75) is 32.7 Å². The number of hydrogen-bond donors (Lipinski definition) is 1. The predicted molar refractivity (Wildman–Crippen MR) is 65.3 cm³/mol. The van der Waals surface area contributed by atoms with Gasteiger partial charge in [0.2, 0.25) is 0 Å². The van der Waals surface area contributed by atoms with Gasteiger partial charge in [-0.25, -0.2) is 0 Å². The normalized spacial score (nSPS) is 15.5. The monoisotopic (exact) mass is 251 g/mol. The summed E-state index contributed by atoms with van der Waals surface area (Å²) in [7, 11) is 0. The van der Waals surface area contributed by atoms with Crippen molar-refractivity contribution in [2.75, 3.05) is 0 Å². The highest BCUT2D eigenvalue weighted by atomic mass is 35.5. The first-order valence-corrected chi connectivity index (χ1v) is 6.32. The third-order valence-corrected chi connectivity index (χ3v) is 3.95. The molecule has 80 valence electrons. The molecule has 2 unspecified atom stereocenters. The van der Waals surface area contributed by atoms with E-state index in [2.05, 4.69) is 13.8 Å². The van der Waals surface area contributed by atoms with Crippen molar-refractivity contribution in [3.8, 4) is 0 Å². The van der Waals surface area contributed by atoms with Crippen molar-refractivity contribution in [1.29, 1.82) is 0 Å². The Morgan fingerprint density at radius 3 is 2.57 bits per heavy atom. The van der Waals surface area contributed by atoms with Gasteiger partial charge in [-0.15, -0.1) is 11.3 Å². The smallest absolute Gasteiger partial charge is 0.0991 e. The highest BCUT2D eigenvalue weighted by Crippen LogP contribution is 2.36. The molecule has 4 heteroatoms. The molecule has 1 aromatic heterocycles. The zero-order valence-corrected chi connectivity index (χ0v) is 10.7. The molecule has 2 atom stereocenters. The summed E-state index contributed by atoms with van der Waals surface area (Å²) < 4.78 is 1.44. The summed E-state index contributed by atoms with van der Waals surface area (Å²) in [4.78, 5) is 0. The Morgan fingerprint density at radius 2 is 2.14 bits per heavy atom. The van der Waals surface area contributed by atoms with E-state index in [1.807, 2.05) is 6.07 Å². The van der Waals surface area contributed by atoms with Crippen LogP contribution in [0.25, 0.3) is 0 Å². The molecule has 0 radical (unpaired) electrons. The van der Waals surface area contributed by atoms with Gasteiger partial charge in [0, 0.05) is 6.04 Å². The second-order valence-corrected chi connectivity index (χ2v) is 5.92. The third kappa shape index (κ3) is 3.13. The first-order valence-electron chi connectivity index (χ1n) is 4.74. The third-order valence-electron chi connectivity index (χ3n) is 2.44. The van der Waals surface area contributed by atoms with Gasteiger partial charge in [-0.3, -0.25) is 0 Å². The molecule has 1 heterocycles. The molecule has 1 aromatic rings. The summed E-state index contributed by atoms with van der Waals surface area (Å²) >= 11 is 13.3. The van der Waals surface area contributed by atoms with Gasteiger partial charge in [-0.1, -0.05) is 43.5 Å². The van der Waals surface area contributed by atoms with Crippen LogP contribution in [0.1, 0.15) is 38.3 Å². The fourth-order valence-corrected chi connectivity index (χ4v) is 2.93. The molecule has 0 aromatic carbocycles. The fourth-order valence-electron chi connectivity index (χ4n) is 1.33. The molecule has 1 rings (SSSR count). The SMILES string of the molecule is CCC(C)CC(N)c1cc(Cl)sc1Cl. The Morgan fingerprint density at radius 1 is 1.50 bits per heavy atom. The average molecular weight is 252 g/mol. The standard InChI is InChI=1S/C10H15Cl2NS/c1-3-6(2)4-8(13)7-5-9(11)14-10(7)12/h5-6,8H,3-4,13H2,1-2H3. The van der Waals surface area contributed by atoms with Crippen molar-refractivity contribution in [2.24, 2.45) is 11.7 Å². The number of hydrogen-bond acceptors (Lipinski definition) is 2. The zero-order valence-electron chi connectivity index (χ0n) is 8.39.